The molecule has 0 radical (unpaired) electrons. The van der Waals surface area contributed by atoms with E-state index >= 15 is 0 Å². The van der Waals surface area contributed by atoms with Gasteiger partial charge in [0.05, 0.1) is 12.6 Å². The molecule has 0 fully saturated rings. The summed E-state index contributed by atoms with van der Waals surface area (Å²) < 4.78 is 10.9. The normalized spacial score (nSPS) is 11.9. The van der Waals surface area contributed by atoms with Crippen LogP contribution in [-0.4, -0.2) is 25.7 Å². The van der Waals surface area contributed by atoms with Crippen LogP contribution in [0, 0.1) is 0 Å². The number of hydrogen-bond donors (Lipinski definition) is 1. The standard InChI is InChI=1S/C23H25NO3/c1-3-26-13-14-27-22-10-6-9-21(16-22)23(25)24-17(2)19-12-11-18-7-4-5-8-20(18)15-19/h4-12,15-17H,3,13-14H2,1-2H3,(H,24,25)/t17-/m0/s1. The smallest absolute Gasteiger partial charge is 0.251 e. The Morgan fingerprint density at radius 2 is 1.78 bits per heavy atom. The predicted octanol–water partition coefficient (Wildman–Crippen LogP) is 4.75. The number of carbonyl (C=O) groups is 1. The molecule has 1 N–H and O–H groups in total. The van der Waals surface area contributed by atoms with Crippen molar-refractivity contribution in [3.05, 3.63) is 77.9 Å². The van der Waals surface area contributed by atoms with Crippen LogP contribution < -0.4 is 10.1 Å². The molecule has 3 aromatic rings. The maximum absolute atomic E-state index is 12.6. The first kappa shape index (κ1) is 18.9. The van der Waals surface area contributed by atoms with Crippen molar-refractivity contribution in [2.75, 3.05) is 19.8 Å². The van der Waals surface area contributed by atoms with Gasteiger partial charge in [-0.05, 0) is 54.4 Å². The minimum atomic E-state index is -0.120. The molecule has 0 saturated carbocycles. The molecule has 0 aliphatic carbocycles. The fraction of sp³-hybridized carbons (Fsp3) is 0.261. The first-order chi connectivity index (χ1) is 13.2. The van der Waals surface area contributed by atoms with Crippen molar-refractivity contribution >= 4 is 16.7 Å². The Morgan fingerprint density at radius 1 is 0.963 bits per heavy atom. The zero-order valence-electron chi connectivity index (χ0n) is 15.8. The van der Waals surface area contributed by atoms with E-state index < -0.39 is 0 Å². The van der Waals surface area contributed by atoms with Gasteiger partial charge in [0.25, 0.3) is 5.91 Å². The second-order valence-electron chi connectivity index (χ2n) is 6.37. The molecule has 0 aliphatic heterocycles. The molecule has 0 bridgehead atoms. The first-order valence-electron chi connectivity index (χ1n) is 9.27. The van der Waals surface area contributed by atoms with Gasteiger partial charge in [-0.3, -0.25) is 4.79 Å². The van der Waals surface area contributed by atoms with Crippen molar-refractivity contribution in [2.45, 2.75) is 19.9 Å². The van der Waals surface area contributed by atoms with Crippen LogP contribution in [0.1, 0.15) is 35.8 Å². The molecule has 1 amide bonds. The van der Waals surface area contributed by atoms with Crippen molar-refractivity contribution in [1.29, 1.82) is 0 Å². The maximum Gasteiger partial charge on any atom is 0.251 e. The Labute approximate surface area is 160 Å². The molecule has 27 heavy (non-hydrogen) atoms. The summed E-state index contributed by atoms with van der Waals surface area (Å²) in [4.78, 5) is 12.6. The van der Waals surface area contributed by atoms with Gasteiger partial charge < -0.3 is 14.8 Å². The van der Waals surface area contributed by atoms with E-state index in [2.05, 4.69) is 35.6 Å². The number of amides is 1. The van der Waals surface area contributed by atoms with E-state index in [9.17, 15) is 4.79 Å². The number of carbonyl (C=O) groups excluding carboxylic acids is 1. The molecule has 0 aliphatic rings. The van der Waals surface area contributed by atoms with Gasteiger partial charge in [0.2, 0.25) is 0 Å². The third-order valence-electron chi connectivity index (χ3n) is 4.42. The highest BCUT2D eigenvalue weighted by Gasteiger charge is 2.12. The van der Waals surface area contributed by atoms with Gasteiger partial charge in [-0.1, -0.05) is 42.5 Å². The summed E-state index contributed by atoms with van der Waals surface area (Å²) in [5, 5.41) is 5.42. The van der Waals surface area contributed by atoms with E-state index in [1.165, 1.54) is 10.8 Å². The Bertz CT molecular complexity index is 907. The van der Waals surface area contributed by atoms with Gasteiger partial charge >= 0.3 is 0 Å². The van der Waals surface area contributed by atoms with E-state index in [-0.39, 0.29) is 11.9 Å². The van der Waals surface area contributed by atoms with E-state index in [0.29, 0.717) is 31.1 Å². The molecule has 140 valence electrons. The Morgan fingerprint density at radius 3 is 2.59 bits per heavy atom. The highest BCUT2D eigenvalue weighted by atomic mass is 16.5. The molecule has 0 unspecified atom stereocenters. The molecule has 0 saturated heterocycles. The molecule has 0 heterocycles. The van der Waals surface area contributed by atoms with Crippen molar-refractivity contribution in [1.82, 2.24) is 5.32 Å². The number of rotatable bonds is 8. The van der Waals surface area contributed by atoms with Gasteiger partial charge in [0.1, 0.15) is 12.4 Å². The zero-order chi connectivity index (χ0) is 19.1. The lowest BCUT2D eigenvalue weighted by Gasteiger charge is -2.16. The third kappa shape index (κ3) is 5.08. The molecule has 0 spiro atoms. The second kappa shape index (κ2) is 9.19. The lowest BCUT2D eigenvalue weighted by Crippen LogP contribution is -2.26. The lowest BCUT2D eigenvalue weighted by molar-refractivity contribution is 0.0938. The number of benzene rings is 3. The van der Waals surface area contributed by atoms with E-state index in [4.69, 9.17) is 9.47 Å². The van der Waals surface area contributed by atoms with Crippen molar-refractivity contribution in [3.8, 4) is 5.75 Å². The SMILES string of the molecule is CCOCCOc1cccc(C(=O)N[C@@H](C)c2ccc3ccccc3c2)c1. The number of hydrogen-bond acceptors (Lipinski definition) is 3. The molecule has 4 heteroatoms. The predicted molar refractivity (Wildman–Crippen MR) is 108 cm³/mol. The zero-order valence-corrected chi connectivity index (χ0v) is 15.8. The molecule has 3 rings (SSSR count). The van der Waals surface area contributed by atoms with Crippen LogP contribution in [-0.2, 0) is 4.74 Å². The maximum atomic E-state index is 12.6. The van der Waals surface area contributed by atoms with Crippen molar-refractivity contribution < 1.29 is 14.3 Å². The first-order valence-corrected chi connectivity index (χ1v) is 9.27. The fourth-order valence-corrected chi connectivity index (χ4v) is 2.93. The van der Waals surface area contributed by atoms with E-state index in [1.807, 2.05) is 38.1 Å². The van der Waals surface area contributed by atoms with E-state index in [1.54, 1.807) is 12.1 Å². The summed E-state index contributed by atoms with van der Waals surface area (Å²) in [6.07, 6.45) is 0. The summed E-state index contributed by atoms with van der Waals surface area (Å²) in [6, 6.07) is 21.6. The minimum Gasteiger partial charge on any atom is -0.491 e. The number of ether oxygens (including phenoxy) is 2. The fourth-order valence-electron chi connectivity index (χ4n) is 2.93. The van der Waals surface area contributed by atoms with Gasteiger partial charge in [0, 0.05) is 12.2 Å². The van der Waals surface area contributed by atoms with Crippen LogP contribution in [0.2, 0.25) is 0 Å². The van der Waals surface area contributed by atoms with Gasteiger partial charge in [-0.2, -0.15) is 0 Å². The topological polar surface area (TPSA) is 47.6 Å². The Hall–Kier alpha value is -2.85. The average molecular weight is 363 g/mol. The summed E-state index contributed by atoms with van der Waals surface area (Å²) >= 11 is 0. The molecule has 4 nitrogen and oxygen atoms in total. The number of fused-ring (bicyclic) bond motifs is 1. The summed E-state index contributed by atoms with van der Waals surface area (Å²) in [7, 11) is 0. The Kier molecular flexibility index (Phi) is 6.44. The molecule has 0 aromatic heterocycles. The van der Waals surface area contributed by atoms with Crippen LogP contribution in [0.15, 0.2) is 66.7 Å². The van der Waals surface area contributed by atoms with Gasteiger partial charge in [-0.15, -0.1) is 0 Å². The summed E-state index contributed by atoms with van der Waals surface area (Å²) in [6.45, 7) is 5.60. The van der Waals surface area contributed by atoms with E-state index in [0.717, 1.165) is 5.56 Å². The van der Waals surface area contributed by atoms with Gasteiger partial charge in [0.15, 0.2) is 0 Å². The minimum absolute atomic E-state index is 0.0929. The monoisotopic (exact) mass is 363 g/mol. The van der Waals surface area contributed by atoms with Crippen LogP contribution >= 0.6 is 0 Å². The van der Waals surface area contributed by atoms with Gasteiger partial charge in [-0.25, -0.2) is 0 Å². The molecular weight excluding hydrogens is 338 g/mol. The quantitative estimate of drug-likeness (QED) is 0.588. The molecule has 3 aromatic carbocycles. The van der Waals surface area contributed by atoms with Crippen LogP contribution in [0.25, 0.3) is 10.8 Å². The second-order valence-corrected chi connectivity index (χ2v) is 6.37. The lowest BCUT2D eigenvalue weighted by atomic mass is 10.0. The average Bonchev–Trinajstić information content (AvgIpc) is 2.71. The van der Waals surface area contributed by atoms with Crippen LogP contribution in [0.5, 0.6) is 5.75 Å². The van der Waals surface area contributed by atoms with Crippen molar-refractivity contribution in [2.24, 2.45) is 0 Å². The third-order valence-corrected chi connectivity index (χ3v) is 4.42. The van der Waals surface area contributed by atoms with Crippen molar-refractivity contribution in [3.63, 3.8) is 0 Å². The van der Waals surface area contributed by atoms with Crippen LogP contribution in [0.3, 0.4) is 0 Å². The summed E-state index contributed by atoms with van der Waals surface area (Å²) in [5.74, 6) is 0.548. The summed E-state index contributed by atoms with van der Waals surface area (Å²) in [5.41, 5.74) is 1.66. The highest BCUT2D eigenvalue weighted by Crippen LogP contribution is 2.21. The molecule has 1 atom stereocenters. The Balaban J connectivity index is 1.65. The number of nitrogens with one attached hydrogen (secondary N) is 1. The highest BCUT2D eigenvalue weighted by molar-refractivity contribution is 5.95. The van der Waals surface area contributed by atoms with Crippen LogP contribution in [0.4, 0.5) is 0 Å². The molecular formula is C23H25NO3. The largest absolute Gasteiger partial charge is 0.491 e.